The van der Waals surface area contributed by atoms with Crippen LogP contribution in [0.3, 0.4) is 0 Å². The standard InChI is InChI=1S/C22H24N2O3/c1-16(20-15-18-10-6-7-11-19(18)27-20)24(2)22(26)12-13-23-21(25)14-17-8-4-3-5-9-17/h3-11,15-16H,12-14H2,1-2H3,(H,23,25). The predicted molar refractivity (Wildman–Crippen MR) is 105 cm³/mol. The molecule has 1 N–H and O–H groups in total. The van der Waals surface area contributed by atoms with Gasteiger partial charge in [-0.3, -0.25) is 9.59 Å². The molecule has 2 aromatic carbocycles. The van der Waals surface area contributed by atoms with E-state index >= 15 is 0 Å². The van der Waals surface area contributed by atoms with E-state index in [1.807, 2.05) is 67.6 Å². The van der Waals surface area contributed by atoms with Crippen LogP contribution in [0, 0.1) is 0 Å². The summed E-state index contributed by atoms with van der Waals surface area (Å²) >= 11 is 0. The molecule has 0 aliphatic heterocycles. The van der Waals surface area contributed by atoms with Gasteiger partial charge in [-0.2, -0.15) is 0 Å². The molecule has 3 aromatic rings. The molecular weight excluding hydrogens is 340 g/mol. The minimum absolute atomic E-state index is 0.0389. The Balaban J connectivity index is 1.49. The van der Waals surface area contributed by atoms with Crippen molar-refractivity contribution < 1.29 is 14.0 Å². The number of rotatable bonds is 7. The third-order valence-electron chi connectivity index (χ3n) is 4.70. The normalized spacial score (nSPS) is 11.9. The second kappa shape index (κ2) is 8.54. The van der Waals surface area contributed by atoms with Crippen LogP contribution in [0.4, 0.5) is 0 Å². The van der Waals surface area contributed by atoms with Gasteiger partial charge in [-0.25, -0.2) is 0 Å². The Morgan fingerprint density at radius 3 is 2.52 bits per heavy atom. The molecule has 5 heteroatoms. The molecule has 1 heterocycles. The molecule has 0 radical (unpaired) electrons. The van der Waals surface area contributed by atoms with Gasteiger partial charge in [-0.15, -0.1) is 0 Å². The predicted octanol–water partition coefficient (Wildman–Crippen LogP) is 3.70. The van der Waals surface area contributed by atoms with Gasteiger partial charge in [-0.05, 0) is 24.6 Å². The first-order valence-corrected chi connectivity index (χ1v) is 9.09. The van der Waals surface area contributed by atoms with Crippen LogP contribution in [-0.4, -0.2) is 30.3 Å². The van der Waals surface area contributed by atoms with E-state index in [0.29, 0.717) is 13.0 Å². The average Bonchev–Trinajstić information content (AvgIpc) is 3.11. The van der Waals surface area contributed by atoms with Crippen molar-refractivity contribution in [1.29, 1.82) is 0 Å². The summed E-state index contributed by atoms with van der Waals surface area (Å²) in [5.74, 6) is 0.630. The maximum absolute atomic E-state index is 12.4. The lowest BCUT2D eigenvalue weighted by atomic mass is 10.1. The molecule has 0 bridgehead atoms. The molecule has 0 saturated carbocycles. The number of carbonyl (C=O) groups excluding carboxylic acids is 2. The number of fused-ring (bicyclic) bond motifs is 1. The highest BCUT2D eigenvalue weighted by atomic mass is 16.3. The summed E-state index contributed by atoms with van der Waals surface area (Å²) in [6, 6.07) is 19.1. The highest BCUT2D eigenvalue weighted by Crippen LogP contribution is 2.26. The molecular formula is C22H24N2O3. The Bertz CT molecular complexity index is 884. The minimum Gasteiger partial charge on any atom is -0.459 e. The number of furan rings is 1. The number of para-hydroxylation sites is 1. The molecule has 27 heavy (non-hydrogen) atoms. The summed E-state index contributed by atoms with van der Waals surface area (Å²) in [5.41, 5.74) is 1.77. The van der Waals surface area contributed by atoms with Gasteiger partial charge in [-0.1, -0.05) is 48.5 Å². The van der Waals surface area contributed by atoms with E-state index in [4.69, 9.17) is 4.42 Å². The summed E-state index contributed by atoms with van der Waals surface area (Å²) in [4.78, 5) is 26.1. The molecule has 1 aromatic heterocycles. The first-order chi connectivity index (χ1) is 13.0. The molecule has 1 atom stereocenters. The third-order valence-corrected chi connectivity index (χ3v) is 4.70. The van der Waals surface area contributed by atoms with Gasteiger partial charge in [0, 0.05) is 25.4 Å². The van der Waals surface area contributed by atoms with Crippen molar-refractivity contribution in [2.45, 2.75) is 25.8 Å². The Labute approximate surface area is 159 Å². The zero-order valence-electron chi connectivity index (χ0n) is 15.6. The van der Waals surface area contributed by atoms with E-state index in [9.17, 15) is 9.59 Å². The Morgan fingerprint density at radius 1 is 1.07 bits per heavy atom. The number of hydrogen-bond donors (Lipinski definition) is 1. The van der Waals surface area contributed by atoms with Crippen LogP contribution in [0.25, 0.3) is 11.0 Å². The highest BCUT2D eigenvalue weighted by molar-refractivity contribution is 5.81. The lowest BCUT2D eigenvalue weighted by molar-refractivity contribution is -0.132. The Hall–Kier alpha value is -3.08. The van der Waals surface area contributed by atoms with Gasteiger partial charge < -0.3 is 14.6 Å². The summed E-state index contributed by atoms with van der Waals surface area (Å²) < 4.78 is 5.85. The van der Waals surface area contributed by atoms with Crippen LogP contribution < -0.4 is 5.32 Å². The highest BCUT2D eigenvalue weighted by Gasteiger charge is 2.20. The van der Waals surface area contributed by atoms with Gasteiger partial charge >= 0.3 is 0 Å². The van der Waals surface area contributed by atoms with E-state index in [2.05, 4.69) is 5.32 Å². The van der Waals surface area contributed by atoms with E-state index < -0.39 is 0 Å². The first-order valence-electron chi connectivity index (χ1n) is 9.09. The number of amides is 2. The quantitative estimate of drug-likeness (QED) is 0.695. The summed E-state index contributed by atoms with van der Waals surface area (Å²) in [6.07, 6.45) is 0.571. The maximum atomic E-state index is 12.4. The fourth-order valence-corrected chi connectivity index (χ4v) is 2.94. The lowest BCUT2D eigenvalue weighted by Crippen LogP contribution is -2.34. The second-order valence-corrected chi connectivity index (χ2v) is 6.63. The maximum Gasteiger partial charge on any atom is 0.224 e. The van der Waals surface area contributed by atoms with Crippen LogP contribution in [0.1, 0.15) is 30.7 Å². The van der Waals surface area contributed by atoms with Crippen LogP contribution in [0.5, 0.6) is 0 Å². The van der Waals surface area contributed by atoms with Gasteiger partial charge in [0.1, 0.15) is 11.3 Å². The van der Waals surface area contributed by atoms with Crippen LogP contribution in [-0.2, 0) is 16.0 Å². The number of carbonyl (C=O) groups is 2. The van der Waals surface area contributed by atoms with Crippen LogP contribution in [0.2, 0.25) is 0 Å². The number of hydrogen-bond acceptors (Lipinski definition) is 3. The van der Waals surface area contributed by atoms with Gasteiger partial charge in [0.15, 0.2) is 0 Å². The summed E-state index contributed by atoms with van der Waals surface area (Å²) in [5, 5.41) is 3.83. The van der Waals surface area contributed by atoms with Crippen LogP contribution in [0.15, 0.2) is 65.1 Å². The van der Waals surface area contributed by atoms with Crippen molar-refractivity contribution in [3.8, 4) is 0 Å². The zero-order chi connectivity index (χ0) is 19.2. The molecule has 2 amide bonds. The lowest BCUT2D eigenvalue weighted by Gasteiger charge is -2.23. The van der Waals surface area contributed by atoms with Gasteiger partial charge in [0.2, 0.25) is 11.8 Å². The number of nitrogens with zero attached hydrogens (tertiary/aromatic N) is 1. The van der Waals surface area contributed by atoms with E-state index in [1.54, 1.807) is 11.9 Å². The summed E-state index contributed by atoms with van der Waals surface area (Å²) in [6.45, 7) is 2.26. The van der Waals surface area contributed by atoms with Gasteiger partial charge in [0.25, 0.3) is 0 Å². The molecule has 140 valence electrons. The molecule has 5 nitrogen and oxygen atoms in total. The Kier molecular flexibility index (Phi) is 5.91. The van der Waals surface area contributed by atoms with E-state index in [1.165, 1.54) is 0 Å². The fraction of sp³-hybridized carbons (Fsp3) is 0.273. The molecule has 0 saturated heterocycles. The third kappa shape index (κ3) is 4.76. The molecule has 0 fully saturated rings. The van der Waals surface area contributed by atoms with Crippen molar-refractivity contribution in [2.24, 2.45) is 0 Å². The van der Waals surface area contributed by atoms with Crippen molar-refractivity contribution >= 4 is 22.8 Å². The largest absolute Gasteiger partial charge is 0.459 e. The van der Waals surface area contributed by atoms with Crippen LogP contribution >= 0.6 is 0 Å². The molecule has 3 rings (SSSR count). The van der Waals surface area contributed by atoms with E-state index in [0.717, 1.165) is 22.3 Å². The monoisotopic (exact) mass is 364 g/mol. The number of benzene rings is 2. The topological polar surface area (TPSA) is 62.6 Å². The fourth-order valence-electron chi connectivity index (χ4n) is 2.94. The SMILES string of the molecule is CC(c1cc2ccccc2o1)N(C)C(=O)CCNC(=O)Cc1ccccc1. The zero-order valence-corrected chi connectivity index (χ0v) is 15.6. The second-order valence-electron chi connectivity index (χ2n) is 6.63. The van der Waals surface area contributed by atoms with E-state index in [-0.39, 0.29) is 24.3 Å². The summed E-state index contributed by atoms with van der Waals surface area (Å²) in [7, 11) is 1.76. The van der Waals surface area contributed by atoms with Crippen molar-refractivity contribution in [1.82, 2.24) is 10.2 Å². The molecule has 0 aliphatic rings. The average molecular weight is 364 g/mol. The molecule has 0 aliphatic carbocycles. The molecule has 1 unspecified atom stereocenters. The smallest absolute Gasteiger partial charge is 0.224 e. The molecule has 0 spiro atoms. The van der Waals surface area contributed by atoms with Gasteiger partial charge in [0.05, 0.1) is 12.5 Å². The first kappa shape index (κ1) is 18.7. The van der Waals surface area contributed by atoms with Crippen molar-refractivity contribution in [3.63, 3.8) is 0 Å². The Morgan fingerprint density at radius 2 is 1.78 bits per heavy atom. The minimum atomic E-state index is -0.176. The van der Waals surface area contributed by atoms with Crippen molar-refractivity contribution in [2.75, 3.05) is 13.6 Å². The van der Waals surface area contributed by atoms with Crippen molar-refractivity contribution in [3.05, 3.63) is 72.0 Å². The number of nitrogens with one attached hydrogen (secondary N) is 1.